The third-order valence-corrected chi connectivity index (χ3v) is 17.1. The third kappa shape index (κ3) is 27.6. The van der Waals surface area contributed by atoms with Gasteiger partial charge in [-0.05, 0) is 136 Å². The van der Waals surface area contributed by atoms with Crippen molar-refractivity contribution in [1.82, 2.24) is 31.9 Å². The molecule has 1 heterocycles. The van der Waals surface area contributed by atoms with E-state index in [4.69, 9.17) is 9.73 Å². The second-order valence-corrected chi connectivity index (χ2v) is 26.0. The van der Waals surface area contributed by atoms with Gasteiger partial charge in [-0.15, -0.1) is 0 Å². The van der Waals surface area contributed by atoms with E-state index in [-0.39, 0.29) is 35.8 Å². The zero-order valence-corrected chi connectivity index (χ0v) is 56.9. The van der Waals surface area contributed by atoms with Gasteiger partial charge in [0.1, 0.15) is 30.2 Å². The molecular weight excluding hydrogens is 1310 g/mol. The van der Waals surface area contributed by atoms with E-state index in [1.807, 2.05) is 64.7 Å². The van der Waals surface area contributed by atoms with Crippen LogP contribution in [0.3, 0.4) is 0 Å². The average molecular weight is 1400 g/mol. The van der Waals surface area contributed by atoms with Crippen molar-refractivity contribution in [2.24, 2.45) is 4.99 Å². The number of hydrogen-bond acceptors (Lipinski definition) is 18. The molecule has 6 amide bonds. The molecule has 97 heavy (non-hydrogen) atoms. The summed E-state index contributed by atoms with van der Waals surface area (Å²) in [7, 11) is -4.59. The minimum absolute atomic E-state index is 0.0492. The molecule has 0 bridgehead atoms. The molecule has 534 valence electrons. The van der Waals surface area contributed by atoms with Crippen LogP contribution in [0.25, 0.3) is 0 Å². The van der Waals surface area contributed by atoms with Crippen LogP contribution < -0.4 is 36.8 Å². The molecular formula is C65H89N8O22S2-. The van der Waals surface area contributed by atoms with Crippen molar-refractivity contribution in [3.63, 3.8) is 0 Å². The van der Waals surface area contributed by atoms with Crippen LogP contribution in [0.1, 0.15) is 148 Å². The number of nitrogens with zero attached hydrogens (tertiary/aromatic N) is 2. The Morgan fingerprint density at radius 3 is 1.56 bits per heavy atom. The molecule has 0 aliphatic carbocycles. The second-order valence-electron chi connectivity index (χ2n) is 23.6. The number of carboxylic acid groups (broad SMARTS) is 5. The lowest BCUT2D eigenvalue weighted by atomic mass is 9.77. The summed E-state index contributed by atoms with van der Waals surface area (Å²) in [6.45, 7) is 14.3. The largest absolute Gasteiger partial charge is 0.768 e. The van der Waals surface area contributed by atoms with Crippen molar-refractivity contribution in [2.75, 3.05) is 37.7 Å². The number of aliphatic carboxylic acids is 5. The van der Waals surface area contributed by atoms with Gasteiger partial charge in [-0.1, -0.05) is 70.6 Å². The maximum absolute atomic E-state index is 14.0. The fourth-order valence-corrected chi connectivity index (χ4v) is 11.4. The van der Waals surface area contributed by atoms with Gasteiger partial charge < -0.3 is 71.6 Å². The number of benzene rings is 2. The van der Waals surface area contributed by atoms with Gasteiger partial charge in [0.25, 0.3) is 10.1 Å². The van der Waals surface area contributed by atoms with Gasteiger partial charge in [0.05, 0.1) is 11.5 Å². The first kappa shape index (κ1) is 82.3. The van der Waals surface area contributed by atoms with Gasteiger partial charge in [-0.3, -0.25) is 66.5 Å². The van der Waals surface area contributed by atoms with E-state index in [0.29, 0.717) is 43.8 Å². The number of unbranched alkanes of at least 4 members (excludes halogenated alkanes) is 2. The maximum Gasteiger partial charge on any atom is 0.303 e. The van der Waals surface area contributed by atoms with Crippen molar-refractivity contribution >= 4 is 97.9 Å². The zero-order chi connectivity index (χ0) is 72.8. The van der Waals surface area contributed by atoms with E-state index in [0.717, 1.165) is 22.5 Å². The van der Waals surface area contributed by atoms with Gasteiger partial charge in [0, 0.05) is 97.6 Å². The maximum atomic E-state index is 14.0. The van der Waals surface area contributed by atoms with Gasteiger partial charge in [-0.2, -0.15) is 8.42 Å². The number of allylic oxidation sites excluding steroid dienone is 8. The van der Waals surface area contributed by atoms with Crippen LogP contribution in [0.15, 0.2) is 99.4 Å². The van der Waals surface area contributed by atoms with Crippen LogP contribution >= 0.6 is 0 Å². The molecule has 30 nitrogen and oxygen atoms in total. The smallest absolute Gasteiger partial charge is 0.303 e. The first-order valence-electron chi connectivity index (χ1n) is 31.4. The normalized spacial score (nSPS) is 15.4. The van der Waals surface area contributed by atoms with Crippen LogP contribution in [-0.2, 0) is 89.5 Å². The number of carbonyl (C=O) groups excluding carboxylic acids is 6. The number of rotatable bonds is 44. The van der Waals surface area contributed by atoms with Crippen LogP contribution in [-0.4, -0.2) is 181 Å². The van der Waals surface area contributed by atoms with Crippen molar-refractivity contribution in [2.45, 2.75) is 189 Å². The van der Waals surface area contributed by atoms with E-state index in [1.54, 1.807) is 55.5 Å². The molecule has 3 rings (SSSR count). The van der Waals surface area contributed by atoms with E-state index in [2.05, 4.69) is 31.9 Å². The molecule has 0 radical (unpaired) electrons. The summed E-state index contributed by atoms with van der Waals surface area (Å²) < 4.78 is 63.3. The molecule has 1 aliphatic heterocycles. The molecule has 0 saturated carbocycles. The highest BCUT2D eigenvalue weighted by Gasteiger charge is 2.41. The van der Waals surface area contributed by atoms with Crippen LogP contribution in [0, 0.1) is 6.92 Å². The van der Waals surface area contributed by atoms with Gasteiger partial charge in [0.15, 0.2) is 0 Å². The standard InChI is InChI=1S/C65H90N8O22S2/c1-8-66-51(64(4,5)43-38-41(96(90)91)22-21-40(43)3)18-14-11-10-12-15-19-52-65(6,7)44-39-42(97(92,93)94)23-29-50(44)73(52)36-17-13-16-20-53(74)68-46(25-31-55(77)78)60(86)70-48(27-33-57(81)82)62(88)72-49(28-34-58(83)84)63(89)71-47(26-32-56(79)80)61(87)69-45(24-30-54(75)76)59(85)67-35-37-95-9-2/h10-12,14-15,18-19,21-23,29,38-39,45-49H,8-9,13,16-17,20,24-28,30-37H2,1-7H3,(H,67,85)(H,68,74)(H,69,87)(H,70,86)(H,71,89)(H,72,88)(H,75,76)(H,77,78)(H,79,80)(H,81,82)(H,83,84)(H,90,91)(H,92,93,94)/p-1/b11-10+,15-12+,18-14+,52-19+,66-51?/t45-,46-,47-,48-,49-/m1/s1. The highest BCUT2D eigenvalue weighted by atomic mass is 32.2. The molecule has 0 fully saturated rings. The molecule has 1 unspecified atom stereocenters. The number of hydrogen-bond donors (Lipinski definition) is 12. The molecule has 0 aromatic heterocycles. The molecule has 12 N–H and O–H groups in total. The minimum atomic E-state index is -4.59. The van der Waals surface area contributed by atoms with Gasteiger partial charge >= 0.3 is 29.8 Å². The van der Waals surface area contributed by atoms with Crippen LogP contribution in [0.4, 0.5) is 5.69 Å². The number of anilines is 1. The lowest BCUT2D eigenvalue weighted by Crippen LogP contribution is -2.59. The molecule has 32 heteroatoms. The first-order valence-corrected chi connectivity index (χ1v) is 33.9. The van der Waals surface area contributed by atoms with Gasteiger partial charge in [0.2, 0.25) is 35.4 Å². The first-order chi connectivity index (χ1) is 45.5. The highest BCUT2D eigenvalue weighted by molar-refractivity contribution is 7.85. The van der Waals surface area contributed by atoms with Crippen molar-refractivity contribution in [1.29, 1.82) is 0 Å². The lowest BCUT2D eigenvalue weighted by molar-refractivity contribution is -0.141. The predicted octanol–water partition coefficient (Wildman–Crippen LogP) is 4.03. The van der Waals surface area contributed by atoms with Crippen LogP contribution in [0.2, 0.25) is 0 Å². The summed E-state index contributed by atoms with van der Waals surface area (Å²) in [6.07, 6.45) is 6.85. The monoisotopic (exact) mass is 1400 g/mol. The summed E-state index contributed by atoms with van der Waals surface area (Å²) in [6, 6.07) is 0.479. The summed E-state index contributed by atoms with van der Waals surface area (Å²) >= 11 is -2.42. The number of carboxylic acids is 5. The molecule has 2 aromatic rings. The Labute approximate surface area is 565 Å². The summed E-state index contributed by atoms with van der Waals surface area (Å²) in [4.78, 5) is 147. The number of carbonyl (C=O) groups is 11. The number of fused-ring (bicyclic) bond motifs is 1. The number of aliphatic imine (C=N–C) groups is 1. The van der Waals surface area contributed by atoms with Gasteiger partial charge in [-0.25, -0.2) is 0 Å². The van der Waals surface area contributed by atoms with Crippen molar-refractivity contribution in [3.05, 3.63) is 101 Å². The number of ether oxygens (including phenoxy) is 1. The van der Waals surface area contributed by atoms with Crippen molar-refractivity contribution in [3.8, 4) is 0 Å². The third-order valence-electron chi connectivity index (χ3n) is 15.6. The quantitative estimate of drug-likeness (QED) is 0.0146. The summed E-state index contributed by atoms with van der Waals surface area (Å²) in [5.74, 6) is -13.6. The van der Waals surface area contributed by atoms with E-state index >= 15 is 0 Å². The Balaban J connectivity index is 1.83. The van der Waals surface area contributed by atoms with E-state index in [1.165, 1.54) is 12.1 Å². The molecule has 0 spiro atoms. The Morgan fingerprint density at radius 2 is 1.10 bits per heavy atom. The molecule has 6 atom stereocenters. The number of aryl methyl sites for hydroxylation is 1. The number of amides is 6. The minimum Gasteiger partial charge on any atom is -0.768 e. The molecule has 2 aromatic carbocycles. The Hall–Kier alpha value is -8.98. The Kier molecular flexibility index (Phi) is 33.8. The average Bonchev–Trinajstić information content (AvgIpc) is 1.60. The Bertz CT molecular complexity index is 3470. The predicted molar refractivity (Wildman–Crippen MR) is 353 cm³/mol. The van der Waals surface area contributed by atoms with E-state index in [9.17, 15) is 100 Å². The molecule has 0 saturated heterocycles. The SMILES string of the molecule is CCN=C(/C=C/C=C/C=C/C=C1/N(CCCCCC(=O)N[C@H](CCC(=O)O)C(=O)N[C@H](CCC(=O)O)C(=O)N[C@H](CCC(=O)O)C(=O)N[C@H](CCC(=O)O)C(=O)N[C@H](CCC(=O)O)C(=O)NCCOCC)c2ccc(S(=O)(=O)O)cc2C1(C)C)C(C)(C)c1cc(S(=O)[O-])ccc1C. The second kappa shape index (κ2) is 39.9. The summed E-state index contributed by atoms with van der Waals surface area (Å²) in [5.41, 5.74) is 2.98. The fraction of sp³-hybridized carbons (Fsp3) is 0.508. The van der Waals surface area contributed by atoms with Crippen LogP contribution in [0.5, 0.6) is 0 Å². The highest BCUT2D eigenvalue weighted by Crippen LogP contribution is 2.48. The number of nitrogens with one attached hydrogen (secondary N) is 6. The van der Waals surface area contributed by atoms with E-state index < -0.39 is 192 Å². The fourth-order valence-electron chi connectivity index (χ4n) is 10.5. The Morgan fingerprint density at radius 1 is 0.639 bits per heavy atom. The lowest BCUT2D eigenvalue weighted by Gasteiger charge is -2.28. The summed E-state index contributed by atoms with van der Waals surface area (Å²) in [5, 5.41) is 61.5. The zero-order valence-electron chi connectivity index (χ0n) is 55.3. The topological polar surface area (TPSA) is 480 Å². The molecule has 1 aliphatic rings. The van der Waals surface area contributed by atoms with Crippen molar-refractivity contribution < 1.29 is 105 Å².